The third-order valence-corrected chi connectivity index (χ3v) is 5.29. The molecule has 0 radical (unpaired) electrons. The Labute approximate surface area is 178 Å². The predicted molar refractivity (Wildman–Crippen MR) is 111 cm³/mol. The molecule has 0 aromatic heterocycles. The van der Waals surface area contributed by atoms with Crippen LogP contribution < -0.4 is 4.74 Å². The molecule has 8 heteroatoms. The Bertz CT molecular complexity index is 858. The maximum absolute atomic E-state index is 12.8. The summed E-state index contributed by atoms with van der Waals surface area (Å²) in [5.74, 6) is 0.282. The summed E-state index contributed by atoms with van der Waals surface area (Å²) in [5.41, 5.74) is 0.375. The van der Waals surface area contributed by atoms with E-state index in [2.05, 4.69) is 0 Å². The first-order valence-corrected chi connectivity index (χ1v) is 9.98. The summed E-state index contributed by atoms with van der Waals surface area (Å²) < 4.78 is 5.53. The number of hydrogen-bond donors (Lipinski definition) is 0. The number of hydrogen-bond acceptors (Lipinski definition) is 3. The molecule has 5 nitrogen and oxygen atoms in total. The van der Waals surface area contributed by atoms with E-state index in [1.807, 2.05) is 0 Å². The van der Waals surface area contributed by atoms with Gasteiger partial charge in [-0.1, -0.05) is 34.8 Å². The van der Waals surface area contributed by atoms with Crippen molar-refractivity contribution in [2.45, 2.75) is 6.42 Å². The van der Waals surface area contributed by atoms with Crippen LogP contribution in [0.3, 0.4) is 0 Å². The Morgan fingerprint density at radius 2 is 1.50 bits per heavy atom. The van der Waals surface area contributed by atoms with E-state index in [1.54, 1.807) is 52.3 Å². The molecule has 0 atom stereocenters. The smallest absolute Gasteiger partial charge is 0.260 e. The second kappa shape index (κ2) is 9.50. The second-order valence-electron chi connectivity index (χ2n) is 6.39. The van der Waals surface area contributed by atoms with Gasteiger partial charge in [0.05, 0.1) is 10.6 Å². The van der Waals surface area contributed by atoms with E-state index < -0.39 is 0 Å². The van der Waals surface area contributed by atoms with Gasteiger partial charge in [0, 0.05) is 36.2 Å². The highest BCUT2D eigenvalue weighted by Crippen LogP contribution is 2.23. The van der Waals surface area contributed by atoms with Crippen LogP contribution in [0.1, 0.15) is 16.8 Å². The molecule has 148 valence electrons. The number of rotatable bonds is 4. The monoisotopic (exact) mass is 440 g/mol. The van der Waals surface area contributed by atoms with Crippen molar-refractivity contribution in [1.29, 1.82) is 0 Å². The van der Waals surface area contributed by atoms with Crippen LogP contribution in [0.5, 0.6) is 5.75 Å². The fourth-order valence-corrected chi connectivity index (χ4v) is 3.47. The topological polar surface area (TPSA) is 49.9 Å². The fourth-order valence-electron chi connectivity index (χ4n) is 2.97. The number of carbonyl (C=O) groups is 2. The molecule has 2 aromatic rings. The lowest BCUT2D eigenvalue weighted by molar-refractivity contribution is -0.133. The minimum Gasteiger partial charge on any atom is -0.484 e. The quantitative estimate of drug-likeness (QED) is 0.706. The molecule has 1 heterocycles. The lowest BCUT2D eigenvalue weighted by Crippen LogP contribution is -2.39. The highest BCUT2D eigenvalue weighted by Gasteiger charge is 2.24. The molecule has 2 aromatic carbocycles. The Balaban J connectivity index is 1.56. The number of halogens is 3. The van der Waals surface area contributed by atoms with Crippen molar-refractivity contribution in [3.05, 3.63) is 63.1 Å². The predicted octanol–water partition coefficient (Wildman–Crippen LogP) is 4.40. The van der Waals surface area contributed by atoms with Gasteiger partial charge in [0.1, 0.15) is 5.75 Å². The van der Waals surface area contributed by atoms with Gasteiger partial charge in [0.15, 0.2) is 6.61 Å². The van der Waals surface area contributed by atoms with Crippen molar-refractivity contribution in [1.82, 2.24) is 9.80 Å². The van der Waals surface area contributed by atoms with Crippen LogP contribution in [0.4, 0.5) is 0 Å². The third kappa shape index (κ3) is 5.31. The highest BCUT2D eigenvalue weighted by atomic mass is 35.5. The van der Waals surface area contributed by atoms with E-state index in [4.69, 9.17) is 39.5 Å². The summed E-state index contributed by atoms with van der Waals surface area (Å²) in [6.45, 7) is 1.91. The number of nitrogens with zero attached hydrogens (tertiary/aromatic N) is 2. The number of amides is 2. The Kier molecular flexibility index (Phi) is 7.05. The molecule has 3 rings (SSSR count). The maximum atomic E-state index is 12.8. The fraction of sp³-hybridized carbons (Fsp3) is 0.300. The van der Waals surface area contributed by atoms with Crippen LogP contribution in [0, 0.1) is 0 Å². The van der Waals surface area contributed by atoms with Gasteiger partial charge in [-0.15, -0.1) is 0 Å². The zero-order chi connectivity index (χ0) is 20.1. The molecule has 28 heavy (non-hydrogen) atoms. The Morgan fingerprint density at radius 3 is 2.25 bits per heavy atom. The Morgan fingerprint density at radius 1 is 0.857 bits per heavy atom. The standard InChI is InChI=1S/C20H19Cl3N2O3/c21-14-2-5-16(6-3-14)28-13-19(26)24-8-1-9-25(11-10-24)20(27)17-12-15(22)4-7-18(17)23/h2-7,12H,1,8-11,13H2. The van der Waals surface area contributed by atoms with Crippen molar-refractivity contribution in [2.75, 3.05) is 32.8 Å². The summed E-state index contributed by atoms with van der Waals surface area (Å²) in [4.78, 5) is 28.7. The molecule has 0 saturated carbocycles. The summed E-state index contributed by atoms with van der Waals surface area (Å²) in [5, 5.41) is 1.43. The maximum Gasteiger partial charge on any atom is 0.260 e. The minimum atomic E-state index is -0.181. The molecule has 1 saturated heterocycles. The summed E-state index contributed by atoms with van der Waals surface area (Å²) in [7, 11) is 0. The minimum absolute atomic E-state index is 0.0598. The van der Waals surface area contributed by atoms with Gasteiger partial charge in [-0.2, -0.15) is 0 Å². The highest BCUT2D eigenvalue weighted by molar-refractivity contribution is 6.35. The zero-order valence-corrected chi connectivity index (χ0v) is 17.3. The van der Waals surface area contributed by atoms with Gasteiger partial charge >= 0.3 is 0 Å². The van der Waals surface area contributed by atoms with Crippen molar-refractivity contribution in [3.8, 4) is 5.75 Å². The van der Waals surface area contributed by atoms with E-state index in [-0.39, 0.29) is 18.4 Å². The number of carbonyl (C=O) groups excluding carboxylic acids is 2. The van der Waals surface area contributed by atoms with Crippen LogP contribution >= 0.6 is 34.8 Å². The summed E-state index contributed by atoms with van der Waals surface area (Å²) in [6, 6.07) is 11.7. The number of ether oxygens (including phenoxy) is 1. The molecular weight excluding hydrogens is 423 g/mol. The SMILES string of the molecule is O=C(COc1ccc(Cl)cc1)N1CCCN(C(=O)c2cc(Cl)ccc2Cl)CC1. The van der Waals surface area contributed by atoms with Crippen molar-refractivity contribution >= 4 is 46.6 Å². The first-order chi connectivity index (χ1) is 13.4. The van der Waals surface area contributed by atoms with Crippen LogP contribution in [-0.4, -0.2) is 54.4 Å². The summed E-state index contributed by atoms with van der Waals surface area (Å²) >= 11 is 18.0. The van der Waals surface area contributed by atoms with E-state index >= 15 is 0 Å². The van der Waals surface area contributed by atoms with E-state index in [9.17, 15) is 9.59 Å². The second-order valence-corrected chi connectivity index (χ2v) is 7.67. The normalized spacial score (nSPS) is 14.5. The largest absolute Gasteiger partial charge is 0.484 e. The molecule has 1 aliphatic heterocycles. The average Bonchev–Trinajstić information content (AvgIpc) is 2.95. The van der Waals surface area contributed by atoms with Gasteiger partial charge in [-0.05, 0) is 48.9 Å². The molecule has 2 amide bonds. The molecule has 0 N–H and O–H groups in total. The van der Waals surface area contributed by atoms with E-state index in [0.717, 1.165) is 0 Å². The van der Waals surface area contributed by atoms with E-state index in [1.165, 1.54) is 0 Å². The summed E-state index contributed by atoms with van der Waals surface area (Å²) in [6.07, 6.45) is 0.677. The van der Waals surface area contributed by atoms with Crippen molar-refractivity contribution in [2.24, 2.45) is 0 Å². The van der Waals surface area contributed by atoms with Gasteiger partial charge in [0.25, 0.3) is 11.8 Å². The molecule has 0 spiro atoms. The van der Waals surface area contributed by atoms with Crippen molar-refractivity contribution < 1.29 is 14.3 Å². The first-order valence-electron chi connectivity index (χ1n) is 8.84. The first kappa shape index (κ1) is 20.8. The lowest BCUT2D eigenvalue weighted by Gasteiger charge is -2.22. The molecular formula is C20H19Cl3N2O3. The zero-order valence-electron chi connectivity index (χ0n) is 15.0. The lowest BCUT2D eigenvalue weighted by atomic mass is 10.2. The number of benzene rings is 2. The van der Waals surface area contributed by atoms with Crippen LogP contribution in [0.15, 0.2) is 42.5 Å². The van der Waals surface area contributed by atoms with Crippen LogP contribution in [0.2, 0.25) is 15.1 Å². The molecule has 1 aliphatic rings. The molecule has 0 bridgehead atoms. The third-order valence-electron chi connectivity index (χ3n) is 4.47. The molecule has 0 aliphatic carbocycles. The Hall–Kier alpha value is -1.95. The van der Waals surface area contributed by atoms with Crippen molar-refractivity contribution in [3.63, 3.8) is 0 Å². The van der Waals surface area contributed by atoms with Gasteiger partial charge in [0.2, 0.25) is 0 Å². The van der Waals surface area contributed by atoms with E-state index in [0.29, 0.717) is 59.0 Å². The average molecular weight is 442 g/mol. The van der Waals surface area contributed by atoms with Crippen LogP contribution in [-0.2, 0) is 4.79 Å². The molecule has 0 unspecified atom stereocenters. The van der Waals surface area contributed by atoms with Crippen LogP contribution in [0.25, 0.3) is 0 Å². The van der Waals surface area contributed by atoms with Gasteiger partial charge < -0.3 is 14.5 Å². The van der Waals surface area contributed by atoms with Gasteiger partial charge in [-0.3, -0.25) is 9.59 Å². The molecule has 1 fully saturated rings. The van der Waals surface area contributed by atoms with Gasteiger partial charge in [-0.25, -0.2) is 0 Å².